The van der Waals surface area contributed by atoms with E-state index in [4.69, 9.17) is 4.98 Å². The van der Waals surface area contributed by atoms with Gasteiger partial charge < -0.3 is 9.88 Å². The molecule has 2 heterocycles. The van der Waals surface area contributed by atoms with E-state index >= 15 is 0 Å². The lowest BCUT2D eigenvalue weighted by atomic mass is 10.1. The van der Waals surface area contributed by atoms with Gasteiger partial charge >= 0.3 is 0 Å². The first-order valence-corrected chi connectivity index (χ1v) is 9.77. The minimum Gasteiger partial charge on any atom is -0.327 e. The predicted molar refractivity (Wildman–Crippen MR) is 118 cm³/mol. The second kappa shape index (κ2) is 7.49. The van der Waals surface area contributed by atoms with E-state index in [1.165, 1.54) is 6.33 Å². The van der Waals surface area contributed by atoms with Gasteiger partial charge in [0.1, 0.15) is 12.2 Å². The summed E-state index contributed by atoms with van der Waals surface area (Å²) in [5.41, 5.74) is 6.03. The van der Waals surface area contributed by atoms with Crippen LogP contribution in [0.15, 0.2) is 73.1 Å². The molecular formula is C23H19N7O. The molecule has 152 valence electrons. The molecule has 0 aliphatic heterocycles. The minimum absolute atomic E-state index is 0.179. The fourth-order valence-corrected chi connectivity index (χ4v) is 3.64. The van der Waals surface area contributed by atoms with Crippen LogP contribution in [0.4, 0.5) is 5.69 Å². The number of nitrogens with zero attached hydrogens (tertiary/aromatic N) is 6. The van der Waals surface area contributed by atoms with Gasteiger partial charge in [-0.1, -0.05) is 12.1 Å². The van der Waals surface area contributed by atoms with Crippen molar-refractivity contribution >= 4 is 22.6 Å². The normalized spacial score (nSPS) is 11.0. The van der Waals surface area contributed by atoms with Crippen LogP contribution in [0.1, 0.15) is 15.9 Å². The number of rotatable bonds is 4. The summed E-state index contributed by atoms with van der Waals surface area (Å²) >= 11 is 0. The number of nitrogens with one attached hydrogen (secondary N) is 1. The Morgan fingerprint density at radius 1 is 1.00 bits per heavy atom. The SMILES string of the molecule is Cc1cc(C(=O)Nc2ccc(-c3nc4ccccc4n3C)cc2)ccc1-n1cnnn1. The molecule has 0 fully saturated rings. The maximum Gasteiger partial charge on any atom is 0.255 e. The molecule has 8 heteroatoms. The molecule has 1 N–H and O–H groups in total. The van der Waals surface area contributed by atoms with Crippen molar-refractivity contribution in [2.24, 2.45) is 7.05 Å². The number of imidazole rings is 1. The molecule has 31 heavy (non-hydrogen) atoms. The fraction of sp³-hybridized carbons (Fsp3) is 0.0870. The van der Waals surface area contributed by atoms with Gasteiger partial charge in [-0.05, 0) is 77.5 Å². The van der Waals surface area contributed by atoms with E-state index in [0.717, 1.165) is 39.4 Å². The molecular weight excluding hydrogens is 390 g/mol. The zero-order valence-electron chi connectivity index (χ0n) is 17.0. The summed E-state index contributed by atoms with van der Waals surface area (Å²) in [6.07, 6.45) is 1.52. The van der Waals surface area contributed by atoms with Gasteiger partial charge in [0.25, 0.3) is 5.91 Å². The van der Waals surface area contributed by atoms with Crippen LogP contribution < -0.4 is 5.32 Å². The smallest absolute Gasteiger partial charge is 0.255 e. The van der Waals surface area contributed by atoms with Gasteiger partial charge in [0, 0.05) is 23.9 Å². The van der Waals surface area contributed by atoms with Crippen molar-refractivity contribution in [3.8, 4) is 17.1 Å². The van der Waals surface area contributed by atoms with Gasteiger partial charge in [-0.3, -0.25) is 4.79 Å². The van der Waals surface area contributed by atoms with Crippen molar-refractivity contribution < 1.29 is 4.79 Å². The van der Waals surface area contributed by atoms with Crippen molar-refractivity contribution in [3.05, 3.63) is 84.2 Å². The highest BCUT2D eigenvalue weighted by atomic mass is 16.1. The molecule has 0 unspecified atom stereocenters. The topological polar surface area (TPSA) is 90.5 Å². The highest BCUT2D eigenvalue weighted by molar-refractivity contribution is 6.04. The van der Waals surface area contributed by atoms with Gasteiger partial charge in [-0.15, -0.1) is 5.10 Å². The molecule has 0 aliphatic carbocycles. The van der Waals surface area contributed by atoms with E-state index in [-0.39, 0.29) is 5.91 Å². The third-order valence-electron chi connectivity index (χ3n) is 5.24. The monoisotopic (exact) mass is 409 g/mol. The molecule has 3 aromatic carbocycles. The summed E-state index contributed by atoms with van der Waals surface area (Å²) in [7, 11) is 2.00. The number of tetrazole rings is 1. The summed E-state index contributed by atoms with van der Waals surface area (Å²) in [6, 6.07) is 21.1. The van der Waals surface area contributed by atoms with Crippen molar-refractivity contribution in [1.82, 2.24) is 29.8 Å². The molecule has 0 aliphatic rings. The summed E-state index contributed by atoms with van der Waals surface area (Å²) < 4.78 is 3.63. The van der Waals surface area contributed by atoms with Gasteiger partial charge in [-0.2, -0.15) is 0 Å². The lowest BCUT2D eigenvalue weighted by molar-refractivity contribution is 0.102. The van der Waals surface area contributed by atoms with Crippen LogP contribution in [-0.2, 0) is 7.05 Å². The Balaban J connectivity index is 1.35. The molecule has 2 aromatic heterocycles. The third-order valence-corrected chi connectivity index (χ3v) is 5.24. The Hall–Kier alpha value is -4.33. The number of aryl methyl sites for hydroxylation is 2. The summed E-state index contributed by atoms with van der Waals surface area (Å²) in [4.78, 5) is 17.4. The highest BCUT2D eigenvalue weighted by Crippen LogP contribution is 2.25. The number of benzene rings is 3. The Morgan fingerprint density at radius 2 is 1.81 bits per heavy atom. The van der Waals surface area contributed by atoms with Crippen molar-refractivity contribution in [2.75, 3.05) is 5.32 Å². The Morgan fingerprint density at radius 3 is 2.52 bits per heavy atom. The van der Waals surface area contributed by atoms with Crippen LogP contribution >= 0.6 is 0 Å². The number of anilines is 1. The quantitative estimate of drug-likeness (QED) is 0.488. The zero-order chi connectivity index (χ0) is 21.4. The van der Waals surface area contributed by atoms with Crippen LogP contribution in [0.5, 0.6) is 0 Å². The number of carbonyl (C=O) groups excluding carboxylic acids is 1. The Labute approximate surface area is 178 Å². The van der Waals surface area contributed by atoms with E-state index in [1.54, 1.807) is 10.7 Å². The van der Waals surface area contributed by atoms with E-state index in [9.17, 15) is 4.79 Å². The number of fused-ring (bicyclic) bond motifs is 1. The number of amides is 1. The van der Waals surface area contributed by atoms with E-state index in [1.807, 2.05) is 74.6 Å². The highest BCUT2D eigenvalue weighted by Gasteiger charge is 2.12. The van der Waals surface area contributed by atoms with Gasteiger partial charge in [0.15, 0.2) is 0 Å². The van der Waals surface area contributed by atoms with Crippen LogP contribution in [0.25, 0.3) is 28.1 Å². The second-order valence-electron chi connectivity index (χ2n) is 7.27. The number of hydrogen-bond donors (Lipinski definition) is 1. The number of hydrogen-bond acceptors (Lipinski definition) is 5. The van der Waals surface area contributed by atoms with Crippen LogP contribution in [0.3, 0.4) is 0 Å². The zero-order valence-corrected chi connectivity index (χ0v) is 17.0. The maximum atomic E-state index is 12.7. The maximum absolute atomic E-state index is 12.7. The van der Waals surface area contributed by atoms with Crippen molar-refractivity contribution in [2.45, 2.75) is 6.92 Å². The number of carbonyl (C=O) groups is 1. The first-order chi connectivity index (χ1) is 15.1. The fourth-order valence-electron chi connectivity index (χ4n) is 3.64. The minimum atomic E-state index is -0.179. The molecule has 5 rings (SSSR count). The largest absolute Gasteiger partial charge is 0.327 e. The Kier molecular flexibility index (Phi) is 4.51. The molecule has 8 nitrogen and oxygen atoms in total. The standard InChI is InChI=1S/C23H19N7O/c1-15-13-17(9-12-20(15)30-14-24-27-28-30)23(31)25-18-10-7-16(8-11-18)22-26-19-5-3-4-6-21(19)29(22)2/h3-14H,1-2H3,(H,25,31). The number of para-hydroxylation sites is 2. The van der Waals surface area contributed by atoms with Crippen molar-refractivity contribution in [3.63, 3.8) is 0 Å². The molecule has 5 aromatic rings. The third kappa shape index (κ3) is 3.44. The first-order valence-electron chi connectivity index (χ1n) is 9.77. The molecule has 0 spiro atoms. The lowest BCUT2D eigenvalue weighted by Crippen LogP contribution is -2.12. The van der Waals surface area contributed by atoms with Gasteiger partial charge in [0.05, 0.1) is 16.7 Å². The van der Waals surface area contributed by atoms with Gasteiger partial charge in [0.2, 0.25) is 0 Å². The second-order valence-corrected chi connectivity index (χ2v) is 7.27. The summed E-state index contributed by atoms with van der Waals surface area (Å²) in [5.74, 6) is 0.703. The van der Waals surface area contributed by atoms with E-state index in [0.29, 0.717) is 5.56 Å². The molecule has 1 amide bonds. The van der Waals surface area contributed by atoms with Crippen LogP contribution in [-0.4, -0.2) is 35.7 Å². The molecule has 0 saturated heterocycles. The average Bonchev–Trinajstić information content (AvgIpc) is 3.43. The summed E-state index contributed by atoms with van der Waals surface area (Å²) in [5, 5.41) is 14.1. The van der Waals surface area contributed by atoms with Crippen LogP contribution in [0.2, 0.25) is 0 Å². The van der Waals surface area contributed by atoms with E-state index in [2.05, 4.69) is 25.4 Å². The summed E-state index contributed by atoms with van der Waals surface area (Å²) in [6.45, 7) is 1.92. The predicted octanol–water partition coefficient (Wildman–Crippen LogP) is 3.78. The molecule has 0 radical (unpaired) electrons. The molecule has 0 atom stereocenters. The van der Waals surface area contributed by atoms with Crippen molar-refractivity contribution in [1.29, 1.82) is 0 Å². The average molecular weight is 409 g/mol. The Bertz CT molecular complexity index is 1390. The van der Waals surface area contributed by atoms with E-state index < -0.39 is 0 Å². The number of aromatic nitrogens is 6. The molecule has 0 saturated carbocycles. The van der Waals surface area contributed by atoms with Crippen LogP contribution in [0, 0.1) is 6.92 Å². The van der Waals surface area contributed by atoms with Gasteiger partial charge in [-0.25, -0.2) is 9.67 Å². The first kappa shape index (κ1) is 18.7. The molecule has 0 bridgehead atoms. The lowest BCUT2D eigenvalue weighted by Gasteiger charge is -2.09.